The quantitative estimate of drug-likeness (QED) is 0.767. The Morgan fingerprint density at radius 3 is 2.21 bits per heavy atom. The van der Waals surface area contributed by atoms with Crippen molar-refractivity contribution >= 4 is 32.4 Å². The minimum absolute atomic E-state index is 0.191. The Hall–Kier alpha value is -2.86. The second kappa shape index (κ2) is 6.33. The van der Waals surface area contributed by atoms with Crippen molar-refractivity contribution < 1.29 is 13.2 Å². The maximum atomic E-state index is 12.5. The second-order valence-electron chi connectivity index (χ2n) is 5.27. The molecule has 0 fully saturated rings. The Morgan fingerprint density at radius 2 is 1.54 bits per heavy atom. The summed E-state index contributed by atoms with van der Waals surface area (Å²) in [5, 5.41) is 4.35. The van der Waals surface area contributed by atoms with Gasteiger partial charge in [-0.2, -0.15) is 0 Å². The first-order valence-electron chi connectivity index (χ1n) is 7.33. The van der Waals surface area contributed by atoms with Crippen molar-refractivity contribution in [1.82, 2.24) is 5.32 Å². The molecule has 2 N–H and O–H groups in total. The molecular formula is C18H16N2O3S. The standard InChI is InChI=1S/C18H16N2O3S/c1-19-18(21)14-6-9-16(10-7-14)20-24(22,23)17-11-8-13-4-2-3-5-15(13)12-17/h2-12,20H,1H3,(H,19,21). The van der Waals surface area contributed by atoms with Gasteiger partial charge in [0.2, 0.25) is 0 Å². The first kappa shape index (κ1) is 16.0. The molecule has 0 spiro atoms. The molecule has 0 saturated heterocycles. The summed E-state index contributed by atoms with van der Waals surface area (Å²) in [4.78, 5) is 11.7. The number of benzene rings is 3. The van der Waals surface area contributed by atoms with E-state index in [1.165, 1.54) is 0 Å². The summed E-state index contributed by atoms with van der Waals surface area (Å²) in [7, 11) is -2.15. The molecule has 3 aromatic rings. The first-order chi connectivity index (χ1) is 11.5. The van der Waals surface area contributed by atoms with E-state index in [0.717, 1.165) is 10.8 Å². The molecule has 0 aromatic heterocycles. The molecule has 0 radical (unpaired) electrons. The highest BCUT2D eigenvalue weighted by atomic mass is 32.2. The molecule has 0 atom stereocenters. The monoisotopic (exact) mass is 340 g/mol. The van der Waals surface area contributed by atoms with E-state index >= 15 is 0 Å². The van der Waals surface area contributed by atoms with Gasteiger partial charge >= 0.3 is 0 Å². The summed E-state index contributed by atoms with van der Waals surface area (Å²) in [6, 6.07) is 18.8. The molecule has 0 aliphatic heterocycles. The lowest BCUT2D eigenvalue weighted by Crippen LogP contribution is -2.18. The summed E-state index contributed by atoms with van der Waals surface area (Å²) in [6.07, 6.45) is 0. The topological polar surface area (TPSA) is 75.3 Å². The summed E-state index contributed by atoms with van der Waals surface area (Å²) in [5.41, 5.74) is 0.863. The largest absolute Gasteiger partial charge is 0.355 e. The number of hydrogen-bond donors (Lipinski definition) is 2. The average Bonchev–Trinajstić information content (AvgIpc) is 2.61. The highest BCUT2D eigenvalue weighted by molar-refractivity contribution is 7.92. The summed E-state index contributed by atoms with van der Waals surface area (Å²) >= 11 is 0. The van der Waals surface area contributed by atoms with Crippen LogP contribution in [0.1, 0.15) is 10.4 Å². The minimum atomic E-state index is -3.69. The van der Waals surface area contributed by atoms with Gasteiger partial charge in [-0.25, -0.2) is 8.42 Å². The molecule has 0 unspecified atom stereocenters. The van der Waals surface area contributed by atoms with E-state index in [2.05, 4.69) is 10.0 Å². The van der Waals surface area contributed by atoms with Crippen LogP contribution >= 0.6 is 0 Å². The molecule has 0 bridgehead atoms. The second-order valence-corrected chi connectivity index (χ2v) is 6.95. The van der Waals surface area contributed by atoms with Crippen molar-refractivity contribution in [3.8, 4) is 0 Å². The van der Waals surface area contributed by atoms with Crippen LogP contribution in [0, 0.1) is 0 Å². The molecule has 0 saturated carbocycles. The lowest BCUT2D eigenvalue weighted by atomic mass is 10.1. The van der Waals surface area contributed by atoms with E-state index < -0.39 is 10.0 Å². The van der Waals surface area contributed by atoms with Gasteiger partial charge in [-0.3, -0.25) is 9.52 Å². The number of anilines is 1. The Bertz CT molecular complexity index is 996. The lowest BCUT2D eigenvalue weighted by molar-refractivity contribution is 0.0963. The van der Waals surface area contributed by atoms with Gasteiger partial charge in [0.1, 0.15) is 0 Å². The summed E-state index contributed by atoms with van der Waals surface area (Å²) < 4.78 is 27.6. The molecule has 122 valence electrons. The smallest absolute Gasteiger partial charge is 0.261 e. The fourth-order valence-corrected chi connectivity index (χ4v) is 3.48. The van der Waals surface area contributed by atoms with E-state index in [1.54, 1.807) is 49.5 Å². The van der Waals surface area contributed by atoms with Crippen LogP contribution in [0.4, 0.5) is 5.69 Å². The van der Waals surface area contributed by atoms with Gasteiger partial charge in [-0.15, -0.1) is 0 Å². The van der Waals surface area contributed by atoms with Crippen molar-refractivity contribution in [3.05, 3.63) is 72.3 Å². The van der Waals surface area contributed by atoms with Crippen molar-refractivity contribution in [3.63, 3.8) is 0 Å². The number of hydrogen-bond acceptors (Lipinski definition) is 3. The van der Waals surface area contributed by atoms with E-state index in [1.807, 2.05) is 24.3 Å². The zero-order chi connectivity index (χ0) is 17.2. The van der Waals surface area contributed by atoms with Gasteiger partial charge < -0.3 is 5.32 Å². The maximum Gasteiger partial charge on any atom is 0.261 e. The molecular weight excluding hydrogens is 324 g/mol. The molecule has 6 heteroatoms. The molecule has 5 nitrogen and oxygen atoms in total. The number of nitrogens with one attached hydrogen (secondary N) is 2. The Labute approximate surface area is 140 Å². The summed E-state index contributed by atoms with van der Waals surface area (Å²) in [6.45, 7) is 0. The molecule has 24 heavy (non-hydrogen) atoms. The zero-order valence-corrected chi connectivity index (χ0v) is 13.8. The highest BCUT2D eigenvalue weighted by Crippen LogP contribution is 2.21. The predicted molar refractivity (Wildman–Crippen MR) is 94.6 cm³/mol. The fraction of sp³-hybridized carbons (Fsp3) is 0.0556. The summed E-state index contributed by atoms with van der Waals surface area (Å²) in [5.74, 6) is -0.223. The molecule has 0 aliphatic carbocycles. The Balaban J connectivity index is 1.88. The zero-order valence-electron chi connectivity index (χ0n) is 13.0. The Morgan fingerprint density at radius 1 is 0.875 bits per heavy atom. The van der Waals surface area contributed by atoms with Crippen LogP contribution in [0.5, 0.6) is 0 Å². The van der Waals surface area contributed by atoms with Crippen molar-refractivity contribution in [2.24, 2.45) is 0 Å². The highest BCUT2D eigenvalue weighted by Gasteiger charge is 2.15. The number of amides is 1. The van der Waals surface area contributed by atoms with Crippen LogP contribution in [0.25, 0.3) is 10.8 Å². The lowest BCUT2D eigenvalue weighted by Gasteiger charge is -2.09. The van der Waals surface area contributed by atoms with Crippen LogP contribution < -0.4 is 10.0 Å². The van der Waals surface area contributed by atoms with Crippen LogP contribution in [0.3, 0.4) is 0 Å². The first-order valence-corrected chi connectivity index (χ1v) is 8.82. The predicted octanol–water partition coefficient (Wildman–Crippen LogP) is 3.00. The SMILES string of the molecule is CNC(=O)c1ccc(NS(=O)(=O)c2ccc3ccccc3c2)cc1. The number of carbonyl (C=O) groups is 1. The van der Waals surface area contributed by atoms with Gasteiger partial charge in [0.05, 0.1) is 4.90 Å². The maximum absolute atomic E-state index is 12.5. The Kier molecular flexibility index (Phi) is 4.22. The van der Waals surface area contributed by atoms with Gasteiger partial charge in [0.15, 0.2) is 0 Å². The third kappa shape index (κ3) is 3.23. The number of carbonyl (C=O) groups excluding carboxylic acids is 1. The third-order valence-corrected chi connectivity index (χ3v) is 5.04. The molecule has 0 heterocycles. The average molecular weight is 340 g/mol. The molecule has 3 rings (SSSR count). The van der Waals surface area contributed by atoms with Crippen LogP contribution in [0.15, 0.2) is 71.6 Å². The van der Waals surface area contributed by atoms with E-state index in [4.69, 9.17) is 0 Å². The number of sulfonamides is 1. The van der Waals surface area contributed by atoms with Crippen LogP contribution in [-0.2, 0) is 10.0 Å². The third-order valence-electron chi connectivity index (χ3n) is 3.66. The van der Waals surface area contributed by atoms with Gasteiger partial charge in [0.25, 0.3) is 15.9 Å². The minimum Gasteiger partial charge on any atom is -0.355 e. The number of fused-ring (bicyclic) bond motifs is 1. The van der Waals surface area contributed by atoms with E-state index in [-0.39, 0.29) is 10.8 Å². The van der Waals surface area contributed by atoms with Gasteiger partial charge in [0, 0.05) is 18.3 Å². The molecule has 3 aromatic carbocycles. The van der Waals surface area contributed by atoms with E-state index in [0.29, 0.717) is 11.3 Å². The van der Waals surface area contributed by atoms with E-state index in [9.17, 15) is 13.2 Å². The van der Waals surface area contributed by atoms with Crippen molar-refractivity contribution in [1.29, 1.82) is 0 Å². The fourth-order valence-electron chi connectivity index (χ4n) is 2.38. The van der Waals surface area contributed by atoms with Crippen molar-refractivity contribution in [2.45, 2.75) is 4.90 Å². The van der Waals surface area contributed by atoms with Gasteiger partial charge in [-0.05, 0) is 47.2 Å². The molecule has 1 amide bonds. The normalized spacial score (nSPS) is 11.2. The molecule has 0 aliphatic rings. The van der Waals surface area contributed by atoms with Crippen LogP contribution in [-0.4, -0.2) is 21.4 Å². The number of rotatable bonds is 4. The van der Waals surface area contributed by atoms with Crippen molar-refractivity contribution in [2.75, 3.05) is 11.8 Å². The van der Waals surface area contributed by atoms with Gasteiger partial charge in [-0.1, -0.05) is 30.3 Å². The van der Waals surface area contributed by atoms with Crippen LogP contribution in [0.2, 0.25) is 0 Å².